The van der Waals surface area contributed by atoms with E-state index in [0.29, 0.717) is 0 Å². The maximum atomic E-state index is 12.4. The number of aromatic nitrogens is 1. The van der Waals surface area contributed by atoms with Crippen molar-refractivity contribution in [1.82, 2.24) is 4.98 Å². The third-order valence-electron chi connectivity index (χ3n) is 1.76. The van der Waals surface area contributed by atoms with Gasteiger partial charge in [0.2, 0.25) is 10.0 Å². The van der Waals surface area contributed by atoms with Crippen LogP contribution in [0.5, 0.6) is 0 Å². The van der Waals surface area contributed by atoms with Crippen LogP contribution in [-0.2, 0) is 10.0 Å². The summed E-state index contributed by atoms with van der Waals surface area (Å²) in [5.41, 5.74) is -0.288. The van der Waals surface area contributed by atoms with Crippen molar-refractivity contribution >= 4 is 32.6 Å². The lowest BCUT2D eigenvalue weighted by Crippen LogP contribution is -2.15. The summed E-state index contributed by atoms with van der Waals surface area (Å²) >= 11 is 1.66. The quantitative estimate of drug-likeness (QED) is 0.825. The minimum Gasteiger partial charge on any atom is -0.254 e. The summed E-state index contributed by atoms with van der Waals surface area (Å²) in [5, 5.41) is 4.89. The van der Waals surface area contributed by atoms with E-state index in [1.165, 1.54) is 6.92 Å². The molecular formula is C7H7F2IN2O2S. The molecule has 0 radical (unpaired) electrons. The average molecular weight is 348 g/mol. The van der Waals surface area contributed by atoms with E-state index in [4.69, 9.17) is 5.14 Å². The Kier molecular flexibility index (Phi) is 3.61. The zero-order chi connectivity index (χ0) is 11.8. The number of nitrogens with zero attached hydrogens (tertiary/aromatic N) is 1. The third kappa shape index (κ3) is 2.61. The van der Waals surface area contributed by atoms with Crippen LogP contribution < -0.4 is 5.14 Å². The van der Waals surface area contributed by atoms with E-state index in [1.807, 2.05) is 0 Å². The van der Waals surface area contributed by atoms with Gasteiger partial charge >= 0.3 is 0 Å². The van der Waals surface area contributed by atoms with E-state index < -0.39 is 22.1 Å². The summed E-state index contributed by atoms with van der Waals surface area (Å²) in [6.45, 7) is 1.38. The van der Waals surface area contributed by atoms with Crippen molar-refractivity contribution in [1.29, 1.82) is 0 Å². The van der Waals surface area contributed by atoms with E-state index in [0.717, 1.165) is 6.20 Å². The van der Waals surface area contributed by atoms with Crippen molar-refractivity contribution in [2.45, 2.75) is 18.2 Å². The van der Waals surface area contributed by atoms with Gasteiger partial charge in [0.15, 0.2) is 0 Å². The molecule has 0 bridgehead atoms. The summed E-state index contributed by atoms with van der Waals surface area (Å²) in [6.07, 6.45) is -1.88. The molecule has 2 N–H and O–H groups in total. The highest BCUT2D eigenvalue weighted by Crippen LogP contribution is 2.27. The van der Waals surface area contributed by atoms with Crippen molar-refractivity contribution in [3.8, 4) is 0 Å². The van der Waals surface area contributed by atoms with Gasteiger partial charge in [-0.05, 0) is 35.1 Å². The lowest BCUT2D eigenvalue weighted by atomic mass is 10.2. The molecule has 84 valence electrons. The Labute approximate surface area is 99.1 Å². The van der Waals surface area contributed by atoms with Crippen LogP contribution in [0, 0.1) is 10.5 Å². The predicted octanol–water partition coefficient (Wildman–Crippen LogP) is 1.58. The molecule has 0 aliphatic carbocycles. The number of hydrogen-bond donors (Lipinski definition) is 1. The summed E-state index contributed by atoms with van der Waals surface area (Å²) < 4.78 is 47.0. The van der Waals surface area contributed by atoms with Crippen LogP contribution >= 0.6 is 22.6 Å². The van der Waals surface area contributed by atoms with Gasteiger partial charge in [-0.2, -0.15) is 0 Å². The first-order chi connectivity index (χ1) is 6.75. The molecular weight excluding hydrogens is 341 g/mol. The van der Waals surface area contributed by atoms with E-state index in [2.05, 4.69) is 4.98 Å². The maximum absolute atomic E-state index is 12.4. The van der Waals surface area contributed by atoms with Gasteiger partial charge in [-0.15, -0.1) is 0 Å². The molecule has 1 heterocycles. The standard InChI is InChI=1S/C7H7F2IN2O2S/c1-3-5(10)4(15(11,13)14)2-12-6(3)7(8)9/h2,7H,1H3,(H2,11,13,14). The second-order valence-electron chi connectivity index (χ2n) is 2.79. The molecule has 0 saturated carbocycles. The number of pyridine rings is 1. The molecule has 4 nitrogen and oxygen atoms in total. The molecule has 15 heavy (non-hydrogen) atoms. The molecule has 1 aromatic rings. The Hall–Kier alpha value is -0.350. The highest BCUT2D eigenvalue weighted by atomic mass is 127. The summed E-state index contributed by atoms with van der Waals surface area (Å²) in [7, 11) is -3.91. The second kappa shape index (κ2) is 4.26. The number of alkyl halides is 2. The number of rotatable bonds is 2. The topological polar surface area (TPSA) is 73.0 Å². The van der Waals surface area contributed by atoms with Gasteiger partial charge in [-0.1, -0.05) is 0 Å². The van der Waals surface area contributed by atoms with Gasteiger partial charge in [0.05, 0.1) is 0 Å². The number of sulfonamides is 1. The van der Waals surface area contributed by atoms with E-state index in [1.54, 1.807) is 22.6 Å². The fraction of sp³-hybridized carbons (Fsp3) is 0.286. The Morgan fingerprint density at radius 3 is 2.47 bits per heavy atom. The zero-order valence-electron chi connectivity index (χ0n) is 7.54. The minimum atomic E-state index is -3.91. The van der Waals surface area contributed by atoms with Crippen LogP contribution in [-0.4, -0.2) is 13.4 Å². The molecule has 0 atom stereocenters. The molecule has 0 aliphatic rings. The number of nitrogens with two attached hydrogens (primary N) is 1. The molecule has 1 rings (SSSR count). The van der Waals surface area contributed by atoms with Crippen LogP contribution in [0.2, 0.25) is 0 Å². The molecule has 0 aromatic carbocycles. The maximum Gasteiger partial charge on any atom is 0.280 e. The molecule has 0 spiro atoms. The molecule has 0 amide bonds. The van der Waals surface area contributed by atoms with Crippen molar-refractivity contribution in [2.24, 2.45) is 5.14 Å². The van der Waals surface area contributed by atoms with Gasteiger partial charge in [0, 0.05) is 9.77 Å². The van der Waals surface area contributed by atoms with Crippen molar-refractivity contribution in [3.63, 3.8) is 0 Å². The average Bonchev–Trinajstić information content (AvgIpc) is 2.06. The number of halogens is 3. The molecule has 0 fully saturated rings. The van der Waals surface area contributed by atoms with E-state index in [-0.39, 0.29) is 14.0 Å². The van der Waals surface area contributed by atoms with Gasteiger partial charge in [-0.3, -0.25) is 4.98 Å². The van der Waals surface area contributed by atoms with Gasteiger partial charge in [-0.25, -0.2) is 22.3 Å². The third-order valence-corrected chi connectivity index (χ3v) is 4.44. The van der Waals surface area contributed by atoms with E-state index in [9.17, 15) is 17.2 Å². The normalized spacial score (nSPS) is 12.1. The number of primary sulfonamides is 1. The minimum absolute atomic E-state index is 0.136. The zero-order valence-corrected chi connectivity index (χ0v) is 10.5. The highest BCUT2D eigenvalue weighted by Gasteiger charge is 2.21. The summed E-state index contributed by atoms with van der Waals surface area (Å²) in [6, 6.07) is 0. The summed E-state index contributed by atoms with van der Waals surface area (Å²) in [5.74, 6) is 0. The molecule has 0 aliphatic heterocycles. The Bertz CT molecular complexity index is 490. The first-order valence-electron chi connectivity index (χ1n) is 3.71. The van der Waals surface area contributed by atoms with E-state index >= 15 is 0 Å². The van der Waals surface area contributed by atoms with Crippen LogP contribution in [0.15, 0.2) is 11.1 Å². The SMILES string of the molecule is Cc1c(C(F)F)ncc(S(N)(=O)=O)c1I. The van der Waals surface area contributed by atoms with Gasteiger partial charge in [0.25, 0.3) is 6.43 Å². The van der Waals surface area contributed by atoms with Crippen LogP contribution in [0.4, 0.5) is 8.78 Å². The fourth-order valence-corrected chi connectivity index (χ4v) is 2.94. The van der Waals surface area contributed by atoms with Gasteiger partial charge in [0.1, 0.15) is 10.6 Å². The smallest absolute Gasteiger partial charge is 0.254 e. The summed E-state index contributed by atoms with van der Waals surface area (Å²) in [4.78, 5) is 3.16. The monoisotopic (exact) mass is 348 g/mol. The molecule has 8 heteroatoms. The Balaban J connectivity index is 3.48. The van der Waals surface area contributed by atoms with Gasteiger partial charge < -0.3 is 0 Å². The van der Waals surface area contributed by atoms with Crippen molar-refractivity contribution < 1.29 is 17.2 Å². The van der Waals surface area contributed by atoms with Crippen LogP contribution in [0.25, 0.3) is 0 Å². The molecule has 1 aromatic heterocycles. The molecule has 0 saturated heterocycles. The fourth-order valence-electron chi connectivity index (χ4n) is 0.997. The largest absolute Gasteiger partial charge is 0.280 e. The lowest BCUT2D eigenvalue weighted by Gasteiger charge is -2.08. The van der Waals surface area contributed by atoms with Crippen LogP contribution in [0.1, 0.15) is 17.7 Å². The lowest BCUT2D eigenvalue weighted by molar-refractivity contribution is 0.145. The van der Waals surface area contributed by atoms with Crippen LogP contribution in [0.3, 0.4) is 0 Å². The Morgan fingerprint density at radius 2 is 2.07 bits per heavy atom. The second-order valence-corrected chi connectivity index (χ2v) is 5.40. The number of hydrogen-bond acceptors (Lipinski definition) is 3. The van der Waals surface area contributed by atoms with Crippen molar-refractivity contribution in [2.75, 3.05) is 0 Å². The Morgan fingerprint density at radius 1 is 1.53 bits per heavy atom. The first kappa shape index (κ1) is 12.7. The predicted molar refractivity (Wildman–Crippen MR) is 58.0 cm³/mol. The molecule has 0 unspecified atom stereocenters. The van der Waals surface area contributed by atoms with Crippen molar-refractivity contribution in [3.05, 3.63) is 21.0 Å². The highest BCUT2D eigenvalue weighted by molar-refractivity contribution is 14.1. The first-order valence-corrected chi connectivity index (χ1v) is 6.33.